The zero-order chi connectivity index (χ0) is 25.3. The quantitative estimate of drug-likeness (QED) is 0.271. The normalized spacial score (nSPS) is 24.0. The van der Waals surface area contributed by atoms with Crippen molar-refractivity contribution in [2.75, 3.05) is 0 Å². The van der Waals surface area contributed by atoms with E-state index >= 15 is 0 Å². The second kappa shape index (κ2) is 12.6. The molecule has 1 rings (SSSR count). The fourth-order valence-electron chi connectivity index (χ4n) is 3.45. The van der Waals surface area contributed by atoms with Gasteiger partial charge in [0.2, 0.25) is 0 Å². The standard InChI is InChI=1S/C24H33N3O6/c1-13(28)22(14(2)29)10-25-19-7-20(26-11-23(15(3)30)16(4)31)9-21(8-19)27-12-24(17(5)32)18(6)33/h10-12,19-21,28,30,32H,7-9H2,1-6H3/b22-13-,23-15+,24-17+,25-10?,26-11?,27-12?. The van der Waals surface area contributed by atoms with Gasteiger partial charge in [0, 0.05) is 18.6 Å². The first-order valence-electron chi connectivity index (χ1n) is 10.6. The molecule has 9 nitrogen and oxygen atoms in total. The number of hydrogen-bond acceptors (Lipinski definition) is 9. The Bertz CT molecular complexity index is 827. The Hall–Kier alpha value is -3.36. The molecule has 180 valence electrons. The second-order valence-corrected chi connectivity index (χ2v) is 8.17. The van der Waals surface area contributed by atoms with Crippen molar-refractivity contribution in [1.29, 1.82) is 0 Å². The Morgan fingerprint density at radius 1 is 0.545 bits per heavy atom. The molecule has 0 aliphatic heterocycles. The molecule has 0 aromatic carbocycles. The SMILES string of the molecule is CC(=O)/C(C=NC1CC(N=C/C(C(C)=O)=C(/C)O)CC(N=C/C(C(C)=O)=C(/C)O)C1)=C(/C)O. The Morgan fingerprint density at radius 2 is 0.758 bits per heavy atom. The van der Waals surface area contributed by atoms with Gasteiger partial charge >= 0.3 is 0 Å². The van der Waals surface area contributed by atoms with Crippen LogP contribution in [0.1, 0.15) is 60.8 Å². The van der Waals surface area contributed by atoms with Crippen molar-refractivity contribution in [2.45, 2.75) is 78.9 Å². The highest BCUT2D eigenvalue weighted by atomic mass is 16.3. The fraction of sp³-hybridized carbons (Fsp3) is 0.500. The van der Waals surface area contributed by atoms with Crippen LogP contribution in [0.25, 0.3) is 0 Å². The molecule has 0 spiro atoms. The van der Waals surface area contributed by atoms with Crippen molar-refractivity contribution in [3.8, 4) is 0 Å². The van der Waals surface area contributed by atoms with E-state index in [2.05, 4.69) is 15.0 Å². The lowest BCUT2D eigenvalue weighted by atomic mass is 9.87. The van der Waals surface area contributed by atoms with Crippen LogP contribution in [0, 0.1) is 0 Å². The summed E-state index contributed by atoms with van der Waals surface area (Å²) < 4.78 is 0. The number of aliphatic hydroxyl groups excluding tert-OH is 3. The van der Waals surface area contributed by atoms with Crippen LogP contribution in [0.3, 0.4) is 0 Å². The Morgan fingerprint density at radius 3 is 0.909 bits per heavy atom. The average Bonchev–Trinajstić information content (AvgIpc) is 2.66. The van der Waals surface area contributed by atoms with E-state index in [4.69, 9.17) is 0 Å². The number of allylic oxidation sites excluding steroid dienone is 6. The summed E-state index contributed by atoms with van der Waals surface area (Å²) in [4.78, 5) is 48.5. The summed E-state index contributed by atoms with van der Waals surface area (Å²) in [6.45, 7) is 8.22. The van der Waals surface area contributed by atoms with Crippen LogP contribution in [0.15, 0.2) is 49.0 Å². The molecule has 0 saturated heterocycles. The molecule has 0 aromatic rings. The van der Waals surface area contributed by atoms with Crippen LogP contribution in [0.4, 0.5) is 0 Å². The number of Topliss-reactive ketones (excluding diaryl/α,β-unsaturated/α-hetero) is 3. The smallest absolute Gasteiger partial charge is 0.164 e. The van der Waals surface area contributed by atoms with Gasteiger partial charge in [0.05, 0.1) is 34.8 Å². The molecule has 3 N–H and O–H groups in total. The third-order valence-electron chi connectivity index (χ3n) is 5.18. The minimum absolute atomic E-state index is 0.107. The van der Waals surface area contributed by atoms with Crippen molar-refractivity contribution in [1.82, 2.24) is 0 Å². The van der Waals surface area contributed by atoms with Crippen LogP contribution < -0.4 is 0 Å². The van der Waals surface area contributed by atoms with Crippen molar-refractivity contribution >= 4 is 36.0 Å². The van der Waals surface area contributed by atoms with E-state index in [0.29, 0.717) is 19.3 Å². The Balaban J connectivity index is 3.26. The van der Waals surface area contributed by atoms with Crippen LogP contribution in [0.5, 0.6) is 0 Å². The van der Waals surface area contributed by atoms with E-state index in [0.717, 1.165) is 0 Å². The molecule has 33 heavy (non-hydrogen) atoms. The molecule has 1 fully saturated rings. The first-order valence-corrected chi connectivity index (χ1v) is 10.6. The highest BCUT2D eigenvalue weighted by Crippen LogP contribution is 2.27. The Labute approximate surface area is 194 Å². The zero-order valence-electron chi connectivity index (χ0n) is 20.0. The topological polar surface area (TPSA) is 149 Å². The van der Waals surface area contributed by atoms with Gasteiger partial charge in [-0.15, -0.1) is 0 Å². The van der Waals surface area contributed by atoms with E-state index in [9.17, 15) is 29.7 Å². The number of aliphatic imine (C=N–C) groups is 3. The number of carbonyl (C=O) groups is 3. The maximum Gasteiger partial charge on any atom is 0.164 e. The number of ketones is 3. The first-order chi connectivity index (χ1) is 15.3. The van der Waals surface area contributed by atoms with E-state index in [1.807, 2.05) is 0 Å². The summed E-state index contributed by atoms with van der Waals surface area (Å²) in [6.07, 6.45) is 5.52. The maximum atomic E-state index is 11.7. The van der Waals surface area contributed by atoms with Gasteiger partial charge in [0.25, 0.3) is 0 Å². The Kier molecular flexibility index (Phi) is 10.6. The van der Waals surface area contributed by atoms with Gasteiger partial charge in [-0.1, -0.05) is 0 Å². The van der Waals surface area contributed by atoms with Gasteiger partial charge in [0.1, 0.15) is 17.3 Å². The monoisotopic (exact) mass is 459 g/mol. The third kappa shape index (κ3) is 8.96. The van der Waals surface area contributed by atoms with Crippen LogP contribution in [-0.2, 0) is 14.4 Å². The molecule has 0 aromatic heterocycles. The predicted octanol–water partition coefficient (Wildman–Crippen LogP) is 3.75. The van der Waals surface area contributed by atoms with E-state index < -0.39 is 0 Å². The summed E-state index contributed by atoms with van der Waals surface area (Å²) in [5, 5.41) is 29.1. The fourth-order valence-corrected chi connectivity index (χ4v) is 3.45. The van der Waals surface area contributed by atoms with Gasteiger partial charge in [-0.2, -0.15) is 0 Å². The number of carbonyl (C=O) groups excluding carboxylic acids is 3. The van der Waals surface area contributed by atoms with E-state index in [1.165, 1.54) is 60.2 Å². The summed E-state index contributed by atoms with van der Waals surface area (Å²) in [5.74, 6) is -1.34. The summed E-state index contributed by atoms with van der Waals surface area (Å²) in [7, 11) is 0. The highest BCUT2D eigenvalue weighted by Gasteiger charge is 2.28. The van der Waals surface area contributed by atoms with E-state index in [1.54, 1.807) is 0 Å². The van der Waals surface area contributed by atoms with Crippen LogP contribution >= 0.6 is 0 Å². The predicted molar refractivity (Wildman–Crippen MR) is 129 cm³/mol. The number of hydrogen-bond donors (Lipinski definition) is 3. The molecule has 1 aliphatic carbocycles. The maximum absolute atomic E-state index is 11.7. The number of nitrogens with zero attached hydrogens (tertiary/aromatic N) is 3. The van der Waals surface area contributed by atoms with Gasteiger partial charge in [-0.3, -0.25) is 29.4 Å². The van der Waals surface area contributed by atoms with Gasteiger partial charge < -0.3 is 15.3 Å². The van der Waals surface area contributed by atoms with Gasteiger partial charge in [0.15, 0.2) is 17.3 Å². The lowest BCUT2D eigenvalue weighted by molar-refractivity contribution is -0.114. The molecule has 9 heteroatoms. The molecule has 1 aliphatic rings. The lowest BCUT2D eigenvalue weighted by Gasteiger charge is -2.29. The number of rotatable bonds is 9. The molecule has 0 radical (unpaired) electrons. The molecule has 1 saturated carbocycles. The minimum atomic E-state index is -0.317. The van der Waals surface area contributed by atoms with E-state index in [-0.39, 0.29) is 69.5 Å². The van der Waals surface area contributed by atoms with Crippen LogP contribution in [-0.4, -0.2) is 69.4 Å². The summed E-state index contributed by atoms with van der Waals surface area (Å²) >= 11 is 0. The minimum Gasteiger partial charge on any atom is -0.512 e. The highest BCUT2D eigenvalue weighted by molar-refractivity contribution is 6.13. The number of aliphatic hydroxyl groups is 3. The van der Waals surface area contributed by atoms with Crippen molar-refractivity contribution in [2.24, 2.45) is 15.0 Å². The van der Waals surface area contributed by atoms with Gasteiger partial charge in [-0.05, 0) is 60.8 Å². The zero-order valence-corrected chi connectivity index (χ0v) is 20.0. The first kappa shape index (κ1) is 27.7. The lowest BCUT2D eigenvalue weighted by Crippen LogP contribution is -2.31. The molecule has 0 bridgehead atoms. The van der Waals surface area contributed by atoms with Crippen molar-refractivity contribution < 1.29 is 29.7 Å². The third-order valence-corrected chi connectivity index (χ3v) is 5.18. The molecule has 0 amide bonds. The van der Waals surface area contributed by atoms with Gasteiger partial charge in [-0.25, -0.2) is 0 Å². The summed E-state index contributed by atoms with van der Waals surface area (Å²) in [5.41, 5.74) is 0.322. The average molecular weight is 460 g/mol. The molecule has 0 heterocycles. The largest absolute Gasteiger partial charge is 0.512 e. The van der Waals surface area contributed by atoms with Crippen molar-refractivity contribution in [3.05, 3.63) is 34.0 Å². The molecular weight excluding hydrogens is 426 g/mol. The molecule has 2 atom stereocenters. The molecular formula is C24H33N3O6. The van der Waals surface area contributed by atoms with Crippen LogP contribution in [0.2, 0.25) is 0 Å². The molecule has 2 unspecified atom stereocenters. The second-order valence-electron chi connectivity index (χ2n) is 8.17. The summed E-state index contributed by atoms with van der Waals surface area (Å²) in [6, 6.07) is -0.884. The van der Waals surface area contributed by atoms with Crippen molar-refractivity contribution in [3.63, 3.8) is 0 Å².